The number of aliphatic hydroxyl groups excluding tert-OH is 1. The van der Waals surface area contributed by atoms with Crippen LogP contribution < -0.4 is 5.73 Å². The van der Waals surface area contributed by atoms with Crippen molar-refractivity contribution < 1.29 is 5.11 Å². The lowest BCUT2D eigenvalue weighted by Gasteiger charge is -2.03. The standard InChI is InChI=1S/C6H8ClN3O/c1-3-4(2-11)5(7)10-6(8)9-3/h11H,2H2,1H3,(H2,8,9,10). The normalized spacial score (nSPS) is 10.1. The quantitative estimate of drug-likeness (QED) is 0.608. The van der Waals surface area contributed by atoms with E-state index >= 15 is 0 Å². The van der Waals surface area contributed by atoms with Crippen LogP contribution in [0, 0.1) is 6.92 Å². The van der Waals surface area contributed by atoms with Gasteiger partial charge in [0.2, 0.25) is 5.95 Å². The van der Waals surface area contributed by atoms with Gasteiger partial charge in [0.1, 0.15) is 5.15 Å². The van der Waals surface area contributed by atoms with Crippen LogP contribution in [0.15, 0.2) is 0 Å². The Kier molecular flexibility index (Phi) is 2.26. The summed E-state index contributed by atoms with van der Waals surface area (Å²) in [6.07, 6.45) is 0. The lowest BCUT2D eigenvalue weighted by Crippen LogP contribution is -2.02. The maximum Gasteiger partial charge on any atom is 0.221 e. The lowest BCUT2D eigenvalue weighted by molar-refractivity contribution is 0.280. The molecule has 0 radical (unpaired) electrons. The Hall–Kier alpha value is -0.870. The van der Waals surface area contributed by atoms with Crippen molar-refractivity contribution in [2.45, 2.75) is 13.5 Å². The molecule has 3 N–H and O–H groups in total. The molecule has 0 amide bonds. The van der Waals surface area contributed by atoms with E-state index in [0.717, 1.165) is 0 Å². The fourth-order valence-corrected chi connectivity index (χ4v) is 1.04. The van der Waals surface area contributed by atoms with Gasteiger partial charge in [0.25, 0.3) is 0 Å². The predicted molar refractivity (Wildman–Crippen MR) is 42.1 cm³/mol. The number of anilines is 1. The number of hydrogen-bond acceptors (Lipinski definition) is 4. The summed E-state index contributed by atoms with van der Waals surface area (Å²) in [6.45, 7) is 1.56. The third-order valence-corrected chi connectivity index (χ3v) is 1.65. The number of aliphatic hydroxyl groups is 1. The zero-order chi connectivity index (χ0) is 8.43. The molecule has 1 aromatic heterocycles. The maximum atomic E-state index is 8.78. The first kappa shape index (κ1) is 8.23. The van der Waals surface area contributed by atoms with Gasteiger partial charge in [-0.05, 0) is 6.92 Å². The summed E-state index contributed by atoms with van der Waals surface area (Å²) < 4.78 is 0. The van der Waals surface area contributed by atoms with Gasteiger partial charge in [-0.15, -0.1) is 0 Å². The summed E-state index contributed by atoms with van der Waals surface area (Å²) in [5.74, 6) is 0.129. The molecule has 0 bridgehead atoms. The molecule has 1 rings (SSSR count). The van der Waals surface area contributed by atoms with Crippen LogP contribution in [0.2, 0.25) is 5.15 Å². The van der Waals surface area contributed by atoms with Gasteiger partial charge in [0, 0.05) is 11.3 Å². The van der Waals surface area contributed by atoms with Crippen LogP contribution in [-0.4, -0.2) is 15.1 Å². The highest BCUT2D eigenvalue weighted by atomic mass is 35.5. The fourth-order valence-electron chi connectivity index (χ4n) is 0.761. The average Bonchev–Trinajstić information content (AvgIpc) is 1.85. The number of aryl methyl sites for hydroxylation is 1. The van der Waals surface area contributed by atoms with Crippen LogP contribution in [-0.2, 0) is 6.61 Å². The van der Waals surface area contributed by atoms with Gasteiger partial charge in [-0.1, -0.05) is 11.6 Å². The van der Waals surface area contributed by atoms with Crippen LogP contribution in [0.25, 0.3) is 0 Å². The molecule has 4 nitrogen and oxygen atoms in total. The largest absolute Gasteiger partial charge is 0.391 e. The number of hydrogen-bond donors (Lipinski definition) is 2. The number of nitrogens with two attached hydrogens (primary N) is 1. The van der Waals surface area contributed by atoms with Gasteiger partial charge in [0.15, 0.2) is 0 Å². The van der Waals surface area contributed by atoms with Crippen LogP contribution in [0.3, 0.4) is 0 Å². The molecule has 0 aliphatic carbocycles. The third kappa shape index (κ3) is 1.58. The molecule has 5 heteroatoms. The van der Waals surface area contributed by atoms with E-state index in [4.69, 9.17) is 22.4 Å². The van der Waals surface area contributed by atoms with Crippen molar-refractivity contribution in [2.75, 3.05) is 5.73 Å². The summed E-state index contributed by atoms with van der Waals surface area (Å²) in [5.41, 5.74) is 6.44. The molecular formula is C6H8ClN3O. The summed E-state index contributed by atoms with van der Waals surface area (Å²) in [6, 6.07) is 0. The van der Waals surface area contributed by atoms with Crippen LogP contribution in [0.4, 0.5) is 5.95 Å². The summed E-state index contributed by atoms with van der Waals surface area (Å²) >= 11 is 5.64. The van der Waals surface area contributed by atoms with Crippen molar-refractivity contribution in [3.8, 4) is 0 Å². The molecule has 0 saturated heterocycles. The molecule has 0 aliphatic rings. The smallest absolute Gasteiger partial charge is 0.221 e. The van der Waals surface area contributed by atoms with Crippen molar-refractivity contribution in [3.63, 3.8) is 0 Å². The molecule has 1 aromatic rings. The molecule has 11 heavy (non-hydrogen) atoms. The van der Waals surface area contributed by atoms with Gasteiger partial charge < -0.3 is 10.8 Å². The highest BCUT2D eigenvalue weighted by Gasteiger charge is 2.06. The van der Waals surface area contributed by atoms with Gasteiger partial charge >= 0.3 is 0 Å². The van der Waals surface area contributed by atoms with E-state index in [1.165, 1.54) is 0 Å². The van der Waals surface area contributed by atoms with Gasteiger partial charge in [0.05, 0.1) is 6.61 Å². The van der Waals surface area contributed by atoms with Crippen molar-refractivity contribution in [2.24, 2.45) is 0 Å². The highest BCUT2D eigenvalue weighted by molar-refractivity contribution is 6.30. The van der Waals surface area contributed by atoms with Crippen molar-refractivity contribution >= 4 is 17.5 Å². The number of nitrogen functional groups attached to an aromatic ring is 1. The lowest BCUT2D eigenvalue weighted by atomic mass is 10.2. The minimum absolute atomic E-state index is 0.129. The molecule has 0 spiro atoms. The number of aromatic nitrogens is 2. The maximum absolute atomic E-state index is 8.78. The molecule has 0 atom stereocenters. The van der Waals surface area contributed by atoms with Gasteiger partial charge in [-0.3, -0.25) is 0 Å². The minimum Gasteiger partial charge on any atom is -0.391 e. The molecule has 0 aliphatic heterocycles. The van der Waals surface area contributed by atoms with Crippen LogP contribution in [0.5, 0.6) is 0 Å². The molecule has 60 valence electrons. The van der Waals surface area contributed by atoms with Crippen LogP contribution in [0.1, 0.15) is 11.3 Å². The fraction of sp³-hybridized carbons (Fsp3) is 0.333. The Labute approximate surface area is 69.0 Å². The van der Waals surface area contributed by atoms with E-state index in [1.807, 2.05) is 0 Å². The Bertz CT molecular complexity index is 254. The Morgan fingerprint density at radius 2 is 2.18 bits per heavy atom. The van der Waals surface area contributed by atoms with Gasteiger partial charge in [-0.2, -0.15) is 0 Å². The first-order valence-corrected chi connectivity index (χ1v) is 3.42. The molecule has 0 aromatic carbocycles. The zero-order valence-corrected chi connectivity index (χ0v) is 6.76. The molecule has 0 saturated carbocycles. The van der Waals surface area contributed by atoms with Crippen molar-refractivity contribution in [1.29, 1.82) is 0 Å². The van der Waals surface area contributed by atoms with E-state index in [0.29, 0.717) is 11.3 Å². The summed E-state index contributed by atoms with van der Waals surface area (Å²) in [7, 11) is 0. The summed E-state index contributed by atoms with van der Waals surface area (Å²) in [5, 5.41) is 9.00. The second-order valence-electron chi connectivity index (χ2n) is 2.09. The second-order valence-corrected chi connectivity index (χ2v) is 2.45. The Morgan fingerprint density at radius 1 is 1.55 bits per heavy atom. The van der Waals surface area contributed by atoms with E-state index in [9.17, 15) is 0 Å². The van der Waals surface area contributed by atoms with Gasteiger partial charge in [-0.25, -0.2) is 9.97 Å². The molecule has 0 unspecified atom stereocenters. The average molecular weight is 174 g/mol. The Balaban J connectivity index is 3.25. The Morgan fingerprint density at radius 3 is 2.64 bits per heavy atom. The van der Waals surface area contributed by atoms with Crippen LogP contribution >= 0.6 is 11.6 Å². The monoisotopic (exact) mass is 173 g/mol. The zero-order valence-electron chi connectivity index (χ0n) is 6.00. The molecule has 1 heterocycles. The summed E-state index contributed by atoms with van der Waals surface area (Å²) in [4.78, 5) is 7.50. The topological polar surface area (TPSA) is 72.0 Å². The van der Waals surface area contributed by atoms with E-state index < -0.39 is 0 Å². The van der Waals surface area contributed by atoms with E-state index in [-0.39, 0.29) is 17.7 Å². The molecule has 0 fully saturated rings. The second kappa shape index (κ2) is 3.02. The highest BCUT2D eigenvalue weighted by Crippen LogP contribution is 2.16. The van der Waals surface area contributed by atoms with Crippen molar-refractivity contribution in [1.82, 2.24) is 9.97 Å². The SMILES string of the molecule is Cc1nc(N)nc(Cl)c1CO. The third-order valence-electron chi connectivity index (χ3n) is 1.34. The number of nitrogens with zero attached hydrogens (tertiary/aromatic N) is 2. The van der Waals surface area contributed by atoms with E-state index in [2.05, 4.69) is 9.97 Å². The molecular weight excluding hydrogens is 166 g/mol. The predicted octanol–water partition coefficient (Wildman–Crippen LogP) is 0.513. The van der Waals surface area contributed by atoms with Crippen molar-refractivity contribution in [3.05, 3.63) is 16.4 Å². The number of halogens is 1. The first-order chi connectivity index (χ1) is 5.15. The minimum atomic E-state index is -0.162. The van der Waals surface area contributed by atoms with E-state index in [1.54, 1.807) is 6.92 Å². The number of rotatable bonds is 1. The first-order valence-electron chi connectivity index (χ1n) is 3.04.